The Labute approximate surface area is 122 Å². The third-order valence-corrected chi connectivity index (χ3v) is 3.88. The van der Waals surface area contributed by atoms with E-state index in [4.69, 9.17) is 4.74 Å². The quantitative estimate of drug-likeness (QED) is 0.916. The second-order valence-electron chi connectivity index (χ2n) is 5.48. The van der Waals surface area contributed by atoms with Crippen molar-refractivity contribution >= 4 is 0 Å². The normalized spacial score (nSPS) is 16.8. The van der Waals surface area contributed by atoms with Gasteiger partial charge in [0.15, 0.2) is 0 Å². The van der Waals surface area contributed by atoms with Crippen molar-refractivity contribution in [1.82, 2.24) is 0 Å². The van der Waals surface area contributed by atoms with Gasteiger partial charge in [0.1, 0.15) is 23.0 Å². The minimum Gasteiger partial charge on any atom is -0.493 e. The topological polar surface area (TPSA) is 29.5 Å². The van der Waals surface area contributed by atoms with E-state index < -0.39 is 17.2 Å². The minimum atomic E-state index is -1.52. The molecule has 0 saturated carbocycles. The zero-order valence-electron chi connectivity index (χ0n) is 11.7. The van der Waals surface area contributed by atoms with Gasteiger partial charge >= 0.3 is 0 Å². The number of hydrogen-bond acceptors (Lipinski definition) is 2. The van der Waals surface area contributed by atoms with E-state index in [-0.39, 0.29) is 5.56 Å². The lowest BCUT2D eigenvalue weighted by molar-refractivity contribution is 0.0960. The zero-order valence-corrected chi connectivity index (χ0v) is 11.7. The Hall–Kier alpha value is -1.94. The van der Waals surface area contributed by atoms with Crippen molar-refractivity contribution in [2.24, 2.45) is 0 Å². The van der Waals surface area contributed by atoms with Crippen molar-refractivity contribution in [2.45, 2.75) is 25.4 Å². The Morgan fingerprint density at radius 1 is 1.14 bits per heavy atom. The van der Waals surface area contributed by atoms with Gasteiger partial charge in [-0.25, -0.2) is 8.78 Å². The summed E-state index contributed by atoms with van der Waals surface area (Å²) in [4.78, 5) is 0. The molecule has 0 aliphatic carbocycles. The summed E-state index contributed by atoms with van der Waals surface area (Å²) in [6.45, 7) is 2.10. The van der Waals surface area contributed by atoms with Gasteiger partial charge < -0.3 is 9.84 Å². The summed E-state index contributed by atoms with van der Waals surface area (Å²) >= 11 is 0. The maximum Gasteiger partial charge on any atom is 0.128 e. The van der Waals surface area contributed by atoms with Crippen LogP contribution in [0.3, 0.4) is 0 Å². The molecule has 4 heteroatoms. The number of hydrogen-bond donors (Lipinski definition) is 1. The average molecular weight is 290 g/mol. The molecule has 1 aliphatic rings. The Kier molecular flexibility index (Phi) is 3.41. The van der Waals surface area contributed by atoms with E-state index >= 15 is 0 Å². The number of para-hydroxylation sites is 1. The van der Waals surface area contributed by atoms with Crippen molar-refractivity contribution in [1.29, 1.82) is 0 Å². The minimum absolute atomic E-state index is 0.169. The van der Waals surface area contributed by atoms with E-state index in [0.29, 0.717) is 17.9 Å². The lowest BCUT2D eigenvalue weighted by atomic mass is 9.85. The molecule has 3 rings (SSSR count). The standard InChI is InChI=1S/C17H16F2O2/c1-17(20,12-8-13(18)10-14(19)9-12)15-6-2-4-11-5-3-7-21-16(11)15/h2,4,6,8-10,20H,3,5,7H2,1H3. The molecule has 110 valence electrons. The van der Waals surface area contributed by atoms with Crippen LogP contribution in [-0.4, -0.2) is 11.7 Å². The molecule has 1 unspecified atom stereocenters. The maximum atomic E-state index is 13.4. The van der Waals surface area contributed by atoms with Gasteiger partial charge in [0.05, 0.1) is 6.61 Å². The third kappa shape index (κ3) is 2.51. The predicted octanol–water partition coefficient (Wildman–Crippen LogP) is 3.55. The molecule has 0 radical (unpaired) electrons. The number of aliphatic hydroxyl groups is 1. The highest BCUT2D eigenvalue weighted by Crippen LogP contribution is 2.39. The largest absolute Gasteiger partial charge is 0.493 e. The van der Waals surface area contributed by atoms with Crippen LogP contribution < -0.4 is 4.74 Å². The number of aryl methyl sites for hydroxylation is 1. The fourth-order valence-corrected chi connectivity index (χ4v) is 2.76. The summed E-state index contributed by atoms with van der Waals surface area (Å²) in [6.07, 6.45) is 1.80. The molecule has 0 fully saturated rings. The Balaban J connectivity index is 2.13. The lowest BCUT2D eigenvalue weighted by Crippen LogP contribution is -2.26. The molecule has 2 nitrogen and oxygen atoms in total. The molecule has 0 aromatic heterocycles. The van der Waals surface area contributed by atoms with Crippen molar-refractivity contribution in [3.05, 3.63) is 64.7 Å². The first-order valence-electron chi connectivity index (χ1n) is 6.92. The molecule has 0 bridgehead atoms. The zero-order chi connectivity index (χ0) is 15.0. The van der Waals surface area contributed by atoms with Crippen LogP contribution >= 0.6 is 0 Å². The molecule has 1 aliphatic heterocycles. The number of rotatable bonds is 2. The van der Waals surface area contributed by atoms with Crippen LogP contribution in [0, 0.1) is 11.6 Å². The molecule has 0 saturated heterocycles. The molecule has 21 heavy (non-hydrogen) atoms. The van der Waals surface area contributed by atoms with Crippen LogP contribution in [0.15, 0.2) is 36.4 Å². The highest BCUT2D eigenvalue weighted by molar-refractivity contribution is 5.49. The van der Waals surface area contributed by atoms with E-state index in [2.05, 4.69) is 0 Å². The molecule has 0 amide bonds. The summed E-state index contributed by atoms with van der Waals surface area (Å²) in [7, 11) is 0. The molecule has 1 heterocycles. The second-order valence-corrected chi connectivity index (χ2v) is 5.48. The second kappa shape index (κ2) is 5.11. The summed E-state index contributed by atoms with van der Waals surface area (Å²) in [5.41, 5.74) is 0.189. The Morgan fingerprint density at radius 3 is 2.57 bits per heavy atom. The van der Waals surface area contributed by atoms with Gasteiger partial charge in [0.25, 0.3) is 0 Å². The highest BCUT2D eigenvalue weighted by atomic mass is 19.1. The van der Waals surface area contributed by atoms with E-state index in [1.165, 1.54) is 6.92 Å². The predicted molar refractivity (Wildman–Crippen MR) is 75.3 cm³/mol. The first kappa shape index (κ1) is 14.0. The maximum absolute atomic E-state index is 13.4. The molecule has 0 spiro atoms. The van der Waals surface area contributed by atoms with Gasteiger partial charge in [-0.3, -0.25) is 0 Å². The molecular formula is C17H16F2O2. The summed E-state index contributed by atoms with van der Waals surface area (Å²) in [5, 5.41) is 10.8. The van der Waals surface area contributed by atoms with Crippen molar-refractivity contribution in [3.63, 3.8) is 0 Å². The molecule has 1 atom stereocenters. The Morgan fingerprint density at radius 2 is 1.86 bits per heavy atom. The van der Waals surface area contributed by atoms with Gasteiger partial charge in [0, 0.05) is 11.6 Å². The fourth-order valence-electron chi connectivity index (χ4n) is 2.76. The van der Waals surface area contributed by atoms with Gasteiger partial charge in [-0.05, 0) is 43.0 Å². The lowest BCUT2D eigenvalue weighted by Gasteiger charge is -2.29. The van der Waals surface area contributed by atoms with Crippen LogP contribution in [-0.2, 0) is 12.0 Å². The van der Waals surface area contributed by atoms with Gasteiger partial charge in [-0.15, -0.1) is 0 Å². The smallest absolute Gasteiger partial charge is 0.128 e. The van der Waals surface area contributed by atoms with Crippen LogP contribution in [0.25, 0.3) is 0 Å². The van der Waals surface area contributed by atoms with Gasteiger partial charge in [-0.1, -0.05) is 18.2 Å². The molecule has 1 N–H and O–H groups in total. The monoisotopic (exact) mass is 290 g/mol. The summed E-state index contributed by atoms with van der Waals surface area (Å²) < 4.78 is 32.5. The van der Waals surface area contributed by atoms with Crippen LogP contribution in [0.2, 0.25) is 0 Å². The van der Waals surface area contributed by atoms with E-state index in [1.807, 2.05) is 12.1 Å². The fraction of sp³-hybridized carbons (Fsp3) is 0.294. The SMILES string of the molecule is CC(O)(c1cc(F)cc(F)c1)c1cccc2c1OCCC2. The Bertz CT molecular complexity index is 660. The van der Waals surface area contributed by atoms with Crippen LogP contribution in [0.5, 0.6) is 5.75 Å². The molecule has 2 aromatic rings. The van der Waals surface area contributed by atoms with Crippen molar-refractivity contribution < 1.29 is 18.6 Å². The molecular weight excluding hydrogens is 274 g/mol. The summed E-state index contributed by atoms with van der Waals surface area (Å²) in [5.74, 6) is -0.801. The van der Waals surface area contributed by atoms with Crippen molar-refractivity contribution in [3.8, 4) is 5.75 Å². The first-order valence-corrected chi connectivity index (χ1v) is 6.92. The van der Waals surface area contributed by atoms with E-state index in [9.17, 15) is 13.9 Å². The van der Waals surface area contributed by atoms with Crippen LogP contribution in [0.4, 0.5) is 8.78 Å². The number of benzene rings is 2. The van der Waals surface area contributed by atoms with Crippen LogP contribution in [0.1, 0.15) is 30.0 Å². The average Bonchev–Trinajstić information content (AvgIpc) is 2.45. The number of halogens is 2. The van der Waals surface area contributed by atoms with Crippen molar-refractivity contribution in [2.75, 3.05) is 6.61 Å². The third-order valence-electron chi connectivity index (χ3n) is 3.88. The molecule has 2 aromatic carbocycles. The van der Waals surface area contributed by atoms with Gasteiger partial charge in [-0.2, -0.15) is 0 Å². The van der Waals surface area contributed by atoms with E-state index in [0.717, 1.165) is 36.6 Å². The highest BCUT2D eigenvalue weighted by Gasteiger charge is 2.32. The number of ether oxygens (including phenoxy) is 1. The van der Waals surface area contributed by atoms with Gasteiger partial charge in [0.2, 0.25) is 0 Å². The number of fused-ring (bicyclic) bond motifs is 1. The summed E-state index contributed by atoms with van der Waals surface area (Å²) in [6, 6.07) is 8.58. The first-order chi connectivity index (χ1) is 9.98. The van der Waals surface area contributed by atoms with E-state index in [1.54, 1.807) is 6.07 Å².